The second-order valence-electron chi connectivity index (χ2n) is 7.32. The maximum Gasteiger partial charge on any atom is 0.339 e. The van der Waals surface area contributed by atoms with Gasteiger partial charge in [-0.2, -0.15) is 0 Å². The van der Waals surface area contributed by atoms with Crippen molar-refractivity contribution in [2.75, 3.05) is 0 Å². The minimum absolute atomic E-state index is 0.131. The first-order chi connectivity index (χ1) is 15.0. The molecule has 0 aliphatic rings. The highest BCUT2D eigenvalue weighted by Crippen LogP contribution is 2.24. The van der Waals surface area contributed by atoms with Gasteiger partial charge in [0.05, 0.1) is 5.56 Å². The number of hydrogen-bond acceptors (Lipinski definition) is 4. The second kappa shape index (κ2) is 8.40. The molecule has 3 aromatic carbocycles. The number of nitrogens with one attached hydrogen (secondary N) is 1. The maximum atomic E-state index is 13.1. The summed E-state index contributed by atoms with van der Waals surface area (Å²) >= 11 is 0. The van der Waals surface area contributed by atoms with E-state index in [4.69, 9.17) is 4.74 Å². The number of carbonyl (C=O) groups is 3. The van der Waals surface area contributed by atoms with Crippen LogP contribution in [0.4, 0.5) is 0 Å². The Balaban J connectivity index is 1.59. The molecule has 0 amide bonds. The molecule has 1 atom stereocenters. The fourth-order valence-electron chi connectivity index (χ4n) is 3.68. The van der Waals surface area contributed by atoms with Gasteiger partial charge in [0.15, 0.2) is 11.9 Å². The van der Waals surface area contributed by atoms with Crippen molar-refractivity contribution in [1.82, 2.24) is 4.98 Å². The topological polar surface area (TPSA) is 76.2 Å². The SMILES string of the molecule is Cc1[nH]c2ccccc2c1C(=O)[C@H](C)OC(=O)c1ccccc1C(=O)c1ccccc1. The summed E-state index contributed by atoms with van der Waals surface area (Å²) in [5, 5.41) is 0.785. The Morgan fingerprint density at radius 3 is 2.16 bits per heavy atom. The van der Waals surface area contributed by atoms with Crippen LogP contribution in [0.1, 0.15) is 49.3 Å². The van der Waals surface area contributed by atoms with Gasteiger partial charge in [0.25, 0.3) is 0 Å². The molecular formula is C26H21NO4. The molecule has 1 aromatic heterocycles. The smallest absolute Gasteiger partial charge is 0.339 e. The Morgan fingerprint density at radius 2 is 1.42 bits per heavy atom. The first-order valence-electron chi connectivity index (χ1n) is 9.98. The van der Waals surface area contributed by atoms with E-state index in [0.29, 0.717) is 16.8 Å². The lowest BCUT2D eigenvalue weighted by molar-refractivity contribution is 0.0317. The van der Waals surface area contributed by atoms with E-state index in [1.54, 1.807) is 49.4 Å². The summed E-state index contributed by atoms with van der Waals surface area (Å²) in [7, 11) is 0. The highest BCUT2D eigenvalue weighted by molar-refractivity contribution is 6.15. The molecule has 0 radical (unpaired) electrons. The minimum atomic E-state index is -1.01. The quantitative estimate of drug-likeness (QED) is 0.352. The van der Waals surface area contributed by atoms with Gasteiger partial charge in [-0.15, -0.1) is 0 Å². The molecule has 0 unspecified atom stereocenters. The molecule has 5 heteroatoms. The van der Waals surface area contributed by atoms with Crippen molar-refractivity contribution in [3.8, 4) is 0 Å². The average molecular weight is 411 g/mol. The van der Waals surface area contributed by atoms with E-state index < -0.39 is 12.1 Å². The molecule has 154 valence electrons. The highest BCUT2D eigenvalue weighted by Gasteiger charge is 2.26. The summed E-state index contributed by atoms with van der Waals surface area (Å²) in [6.45, 7) is 3.36. The van der Waals surface area contributed by atoms with Crippen LogP contribution in [0.2, 0.25) is 0 Å². The number of hydrogen-bond donors (Lipinski definition) is 1. The van der Waals surface area contributed by atoms with E-state index in [1.807, 2.05) is 37.3 Å². The largest absolute Gasteiger partial charge is 0.451 e. The number of ketones is 2. The lowest BCUT2D eigenvalue weighted by atomic mass is 9.98. The van der Waals surface area contributed by atoms with Crippen molar-refractivity contribution >= 4 is 28.4 Å². The number of carbonyl (C=O) groups excluding carboxylic acids is 3. The van der Waals surface area contributed by atoms with E-state index in [0.717, 1.165) is 10.9 Å². The zero-order valence-corrected chi connectivity index (χ0v) is 17.2. The lowest BCUT2D eigenvalue weighted by Crippen LogP contribution is -2.26. The standard InChI is InChI=1S/C26H21NO4/c1-16-23(21-14-8-9-15-22(21)27-16)24(28)17(2)31-26(30)20-13-7-6-12-19(20)25(29)18-10-4-3-5-11-18/h3-15,17,27H,1-2H3/t17-/m0/s1. The summed E-state index contributed by atoms with van der Waals surface area (Å²) in [4.78, 5) is 42.1. The number of rotatable bonds is 6. The van der Waals surface area contributed by atoms with Crippen LogP contribution < -0.4 is 0 Å². The van der Waals surface area contributed by atoms with Crippen molar-refractivity contribution in [2.45, 2.75) is 20.0 Å². The molecule has 4 rings (SSSR count). The van der Waals surface area contributed by atoms with Crippen LogP contribution in [-0.4, -0.2) is 28.6 Å². The number of esters is 1. The fourth-order valence-corrected chi connectivity index (χ4v) is 3.68. The number of para-hydroxylation sites is 1. The van der Waals surface area contributed by atoms with Crippen molar-refractivity contribution < 1.29 is 19.1 Å². The van der Waals surface area contributed by atoms with Gasteiger partial charge in [0, 0.05) is 33.3 Å². The number of H-pyrrole nitrogens is 1. The molecule has 0 saturated heterocycles. The van der Waals surface area contributed by atoms with Crippen LogP contribution in [0.3, 0.4) is 0 Å². The van der Waals surface area contributed by atoms with Gasteiger partial charge in [-0.3, -0.25) is 9.59 Å². The summed E-state index contributed by atoms with van der Waals surface area (Å²) in [5.74, 6) is -1.28. The van der Waals surface area contributed by atoms with Crippen LogP contribution in [-0.2, 0) is 4.74 Å². The predicted octanol–water partition coefficient (Wildman–Crippen LogP) is 5.14. The van der Waals surface area contributed by atoms with Crippen LogP contribution in [0.25, 0.3) is 10.9 Å². The van der Waals surface area contributed by atoms with Crippen molar-refractivity contribution in [2.24, 2.45) is 0 Å². The van der Waals surface area contributed by atoms with E-state index in [-0.39, 0.29) is 22.7 Å². The third-order valence-corrected chi connectivity index (χ3v) is 5.22. The van der Waals surface area contributed by atoms with E-state index in [9.17, 15) is 14.4 Å². The van der Waals surface area contributed by atoms with Gasteiger partial charge in [-0.25, -0.2) is 4.79 Å². The number of aromatic amines is 1. The Morgan fingerprint density at radius 1 is 0.806 bits per heavy atom. The molecule has 0 aliphatic heterocycles. The van der Waals surface area contributed by atoms with Crippen LogP contribution in [0, 0.1) is 6.92 Å². The molecule has 4 aromatic rings. The van der Waals surface area contributed by atoms with Crippen molar-refractivity contribution in [3.05, 3.63) is 107 Å². The summed E-state index contributed by atoms with van der Waals surface area (Å²) in [5.41, 5.74) is 2.91. The zero-order chi connectivity index (χ0) is 22.0. The highest BCUT2D eigenvalue weighted by atomic mass is 16.5. The molecule has 31 heavy (non-hydrogen) atoms. The summed E-state index contributed by atoms with van der Waals surface area (Å²) in [6, 6.07) is 22.7. The molecular weight excluding hydrogens is 390 g/mol. The Kier molecular flexibility index (Phi) is 5.50. The third-order valence-electron chi connectivity index (χ3n) is 5.22. The molecule has 0 spiro atoms. The number of aromatic nitrogens is 1. The van der Waals surface area contributed by atoms with Crippen LogP contribution >= 0.6 is 0 Å². The normalized spacial score (nSPS) is 11.8. The number of ether oxygens (including phenoxy) is 1. The minimum Gasteiger partial charge on any atom is -0.451 e. The predicted molar refractivity (Wildman–Crippen MR) is 119 cm³/mol. The maximum absolute atomic E-state index is 13.1. The Labute approximate surface area is 179 Å². The van der Waals surface area contributed by atoms with Crippen LogP contribution in [0.5, 0.6) is 0 Å². The molecule has 1 N–H and O–H groups in total. The Bertz CT molecular complexity index is 1290. The van der Waals surface area contributed by atoms with Gasteiger partial charge in [0.1, 0.15) is 0 Å². The van der Waals surface area contributed by atoms with Crippen molar-refractivity contribution in [3.63, 3.8) is 0 Å². The van der Waals surface area contributed by atoms with Gasteiger partial charge in [-0.1, -0.05) is 66.7 Å². The summed E-state index contributed by atoms with van der Waals surface area (Å²) < 4.78 is 5.50. The molecule has 1 heterocycles. The molecule has 0 fully saturated rings. The monoisotopic (exact) mass is 411 g/mol. The summed E-state index contributed by atoms with van der Waals surface area (Å²) in [6.07, 6.45) is -1.01. The molecule has 5 nitrogen and oxygen atoms in total. The number of fused-ring (bicyclic) bond motifs is 1. The van der Waals surface area contributed by atoms with E-state index in [2.05, 4.69) is 4.98 Å². The lowest BCUT2D eigenvalue weighted by Gasteiger charge is -2.14. The number of Topliss-reactive ketones (excluding diaryl/α,β-unsaturated/α-hetero) is 1. The fraction of sp³-hybridized carbons (Fsp3) is 0.115. The number of benzene rings is 3. The van der Waals surface area contributed by atoms with Crippen molar-refractivity contribution in [1.29, 1.82) is 0 Å². The van der Waals surface area contributed by atoms with Gasteiger partial charge >= 0.3 is 5.97 Å². The van der Waals surface area contributed by atoms with E-state index >= 15 is 0 Å². The van der Waals surface area contributed by atoms with Gasteiger partial charge < -0.3 is 9.72 Å². The van der Waals surface area contributed by atoms with E-state index in [1.165, 1.54) is 6.07 Å². The third kappa shape index (κ3) is 3.90. The second-order valence-corrected chi connectivity index (χ2v) is 7.32. The average Bonchev–Trinajstić information content (AvgIpc) is 3.14. The van der Waals surface area contributed by atoms with Crippen LogP contribution in [0.15, 0.2) is 78.9 Å². The first-order valence-corrected chi connectivity index (χ1v) is 9.98. The Hall–Kier alpha value is -3.99. The molecule has 0 saturated carbocycles. The van der Waals surface area contributed by atoms with Gasteiger partial charge in [-0.05, 0) is 26.0 Å². The van der Waals surface area contributed by atoms with Gasteiger partial charge in [0.2, 0.25) is 5.78 Å². The number of aryl methyl sites for hydroxylation is 1. The zero-order valence-electron chi connectivity index (χ0n) is 17.2. The molecule has 0 aliphatic carbocycles. The first kappa shape index (κ1) is 20.3. The molecule has 0 bridgehead atoms.